The molecule has 0 amide bonds. The predicted molar refractivity (Wildman–Crippen MR) is 79.9 cm³/mol. The van der Waals surface area contributed by atoms with Gasteiger partial charge in [-0.1, -0.05) is 11.6 Å². The van der Waals surface area contributed by atoms with Gasteiger partial charge in [-0.2, -0.15) is 20.1 Å². The molecule has 3 rings (SSSR count). The Balaban J connectivity index is 1.94. The zero-order valence-electron chi connectivity index (χ0n) is 10.9. The highest BCUT2D eigenvalue weighted by atomic mass is 35.5. The van der Waals surface area contributed by atoms with E-state index in [2.05, 4.69) is 30.4 Å². The Kier molecular flexibility index (Phi) is 3.98. The Morgan fingerprint density at radius 2 is 2.14 bits per heavy atom. The fraction of sp³-hybridized carbons (Fsp3) is 0.0833. The van der Waals surface area contributed by atoms with Crippen molar-refractivity contribution in [2.45, 2.75) is 10.2 Å². The lowest BCUT2D eigenvalue weighted by Gasteiger charge is -2.06. The van der Waals surface area contributed by atoms with Crippen LogP contribution >= 0.6 is 23.4 Å². The van der Waals surface area contributed by atoms with Gasteiger partial charge in [0.25, 0.3) is 5.95 Å². The lowest BCUT2D eigenvalue weighted by molar-refractivity contribution is 0.762. The molecule has 0 spiro atoms. The van der Waals surface area contributed by atoms with Crippen LogP contribution in [0.5, 0.6) is 0 Å². The molecule has 3 aromatic heterocycles. The average molecular weight is 320 g/mol. The fourth-order valence-corrected chi connectivity index (χ4v) is 2.31. The van der Waals surface area contributed by atoms with E-state index < -0.39 is 0 Å². The van der Waals surface area contributed by atoms with Crippen LogP contribution in [0.1, 0.15) is 0 Å². The second-order valence-corrected chi connectivity index (χ2v) is 5.28. The van der Waals surface area contributed by atoms with E-state index in [1.165, 1.54) is 11.8 Å². The Bertz CT molecular complexity index is 730. The number of nitrogens with zero attached hydrogens (tertiary/aromatic N) is 6. The highest BCUT2D eigenvalue weighted by Crippen LogP contribution is 2.24. The molecular formula is C12H10ClN7S. The lowest BCUT2D eigenvalue weighted by Crippen LogP contribution is -2.07. The summed E-state index contributed by atoms with van der Waals surface area (Å²) < 4.78 is 1.57. The number of rotatable bonds is 4. The van der Waals surface area contributed by atoms with E-state index in [0.717, 1.165) is 5.03 Å². The van der Waals surface area contributed by atoms with Gasteiger partial charge in [0.1, 0.15) is 5.03 Å². The minimum atomic E-state index is 0.441. The Labute approximate surface area is 129 Å². The third-order valence-corrected chi connectivity index (χ3v) is 3.47. The minimum absolute atomic E-state index is 0.441. The number of nitrogens with one attached hydrogen (secondary N) is 1. The van der Waals surface area contributed by atoms with Crippen LogP contribution in [0.25, 0.3) is 5.95 Å². The Hall–Kier alpha value is -2.19. The number of pyridine rings is 1. The molecule has 3 aromatic rings. The summed E-state index contributed by atoms with van der Waals surface area (Å²) in [5, 5.41) is 8.88. The standard InChI is InChI=1S/C12H10ClN7S/c1-14-10-17-11(20-6-2-5-16-20)19-12(18-10)21-9-4-3-8(13)7-15-9/h2-7H,1H3,(H,14,17,18,19). The van der Waals surface area contributed by atoms with E-state index in [-0.39, 0.29) is 0 Å². The van der Waals surface area contributed by atoms with E-state index >= 15 is 0 Å². The first-order chi connectivity index (χ1) is 10.2. The Morgan fingerprint density at radius 3 is 2.81 bits per heavy atom. The van der Waals surface area contributed by atoms with Crippen LogP contribution in [0, 0.1) is 0 Å². The summed E-state index contributed by atoms with van der Waals surface area (Å²) in [5.74, 6) is 0.905. The van der Waals surface area contributed by atoms with Crippen molar-refractivity contribution in [3.05, 3.63) is 41.8 Å². The van der Waals surface area contributed by atoms with Crippen LogP contribution in [0.3, 0.4) is 0 Å². The number of anilines is 1. The smallest absolute Gasteiger partial charge is 0.256 e. The topological polar surface area (TPSA) is 81.4 Å². The van der Waals surface area contributed by atoms with Gasteiger partial charge in [-0.25, -0.2) is 9.67 Å². The summed E-state index contributed by atoms with van der Waals surface area (Å²) in [5.41, 5.74) is 0. The maximum atomic E-state index is 5.82. The van der Waals surface area contributed by atoms with Gasteiger partial charge in [0, 0.05) is 25.6 Å². The van der Waals surface area contributed by atoms with Gasteiger partial charge < -0.3 is 5.32 Å². The SMILES string of the molecule is CNc1nc(Sc2ccc(Cl)cn2)nc(-n2cccn2)n1. The van der Waals surface area contributed by atoms with Gasteiger partial charge in [0.2, 0.25) is 11.1 Å². The van der Waals surface area contributed by atoms with E-state index in [4.69, 9.17) is 11.6 Å². The van der Waals surface area contributed by atoms with Crippen LogP contribution in [0.2, 0.25) is 5.02 Å². The highest BCUT2D eigenvalue weighted by molar-refractivity contribution is 7.99. The second-order valence-electron chi connectivity index (χ2n) is 3.86. The molecule has 1 N–H and O–H groups in total. The van der Waals surface area contributed by atoms with Crippen LogP contribution in [0.15, 0.2) is 47.0 Å². The van der Waals surface area contributed by atoms with Crippen molar-refractivity contribution in [3.8, 4) is 5.95 Å². The highest BCUT2D eigenvalue weighted by Gasteiger charge is 2.09. The third-order valence-electron chi connectivity index (χ3n) is 2.43. The maximum absolute atomic E-state index is 5.82. The predicted octanol–water partition coefficient (Wildman–Crippen LogP) is 2.30. The van der Waals surface area contributed by atoms with E-state index in [0.29, 0.717) is 22.1 Å². The summed E-state index contributed by atoms with van der Waals surface area (Å²) in [6.45, 7) is 0. The normalized spacial score (nSPS) is 10.6. The summed E-state index contributed by atoms with van der Waals surface area (Å²) >= 11 is 7.14. The van der Waals surface area contributed by atoms with Crippen LogP contribution in [0.4, 0.5) is 5.95 Å². The molecule has 0 aliphatic rings. The van der Waals surface area contributed by atoms with Gasteiger partial charge in [-0.15, -0.1) is 0 Å². The molecule has 7 nitrogen and oxygen atoms in total. The molecule has 0 bridgehead atoms. The molecule has 106 valence electrons. The molecule has 0 saturated carbocycles. The Morgan fingerprint density at radius 1 is 1.24 bits per heavy atom. The molecule has 9 heteroatoms. The molecule has 0 atom stereocenters. The zero-order valence-corrected chi connectivity index (χ0v) is 12.5. The number of hydrogen-bond acceptors (Lipinski definition) is 7. The van der Waals surface area contributed by atoms with E-state index in [1.807, 2.05) is 6.07 Å². The summed E-state index contributed by atoms with van der Waals surface area (Å²) in [4.78, 5) is 17.1. The zero-order chi connectivity index (χ0) is 14.7. The van der Waals surface area contributed by atoms with Crippen LogP contribution in [-0.4, -0.2) is 36.8 Å². The van der Waals surface area contributed by atoms with Crippen LogP contribution in [-0.2, 0) is 0 Å². The fourth-order valence-electron chi connectivity index (χ4n) is 1.51. The van der Waals surface area contributed by atoms with Gasteiger partial charge in [-0.05, 0) is 30.0 Å². The van der Waals surface area contributed by atoms with Gasteiger partial charge >= 0.3 is 0 Å². The van der Waals surface area contributed by atoms with Crippen molar-refractivity contribution < 1.29 is 0 Å². The van der Waals surface area contributed by atoms with Gasteiger partial charge in [-0.3, -0.25) is 0 Å². The number of halogens is 1. The summed E-state index contributed by atoms with van der Waals surface area (Å²) in [7, 11) is 1.75. The van der Waals surface area contributed by atoms with E-state index in [9.17, 15) is 0 Å². The third kappa shape index (κ3) is 3.29. The molecule has 21 heavy (non-hydrogen) atoms. The quantitative estimate of drug-likeness (QED) is 0.790. The first kappa shape index (κ1) is 13.8. The van der Waals surface area contributed by atoms with Crippen molar-refractivity contribution >= 4 is 29.3 Å². The second kappa shape index (κ2) is 6.06. The molecule has 0 aliphatic carbocycles. The molecule has 0 saturated heterocycles. The largest absolute Gasteiger partial charge is 0.357 e. The molecule has 0 aliphatic heterocycles. The molecular weight excluding hydrogens is 310 g/mol. The van der Waals surface area contributed by atoms with Gasteiger partial charge in [0.05, 0.1) is 5.02 Å². The average Bonchev–Trinajstić information content (AvgIpc) is 3.04. The first-order valence-corrected chi connectivity index (χ1v) is 7.17. The number of aromatic nitrogens is 6. The lowest BCUT2D eigenvalue weighted by atomic mass is 10.5. The molecule has 0 aromatic carbocycles. The van der Waals surface area contributed by atoms with Crippen molar-refractivity contribution in [1.82, 2.24) is 29.7 Å². The summed E-state index contributed by atoms with van der Waals surface area (Å²) in [6.07, 6.45) is 5.01. The minimum Gasteiger partial charge on any atom is -0.357 e. The molecule has 0 fully saturated rings. The van der Waals surface area contributed by atoms with E-state index in [1.54, 1.807) is 42.5 Å². The molecule has 3 heterocycles. The number of hydrogen-bond donors (Lipinski definition) is 1. The van der Waals surface area contributed by atoms with Crippen molar-refractivity contribution in [2.75, 3.05) is 12.4 Å². The monoisotopic (exact) mass is 319 g/mol. The molecule has 0 radical (unpaired) electrons. The van der Waals surface area contributed by atoms with Crippen LogP contribution < -0.4 is 5.32 Å². The molecule has 0 unspecified atom stereocenters. The van der Waals surface area contributed by atoms with Crippen molar-refractivity contribution in [3.63, 3.8) is 0 Å². The van der Waals surface area contributed by atoms with Gasteiger partial charge in [0.15, 0.2) is 0 Å². The van der Waals surface area contributed by atoms with Crippen molar-refractivity contribution in [2.24, 2.45) is 0 Å². The first-order valence-electron chi connectivity index (χ1n) is 5.98. The maximum Gasteiger partial charge on any atom is 0.256 e. The summed E-state index contributed by atoms with van der Waals surface area (Å²) in [6, 6.07) is 5.38. The van der Waals surface area contributed by atoms with Crippen molar-refractivity contribution in [1.29, 1.82) is 0 Å².